The van der Waals surface area contributed by atoms with Crippen LogP contribution in [0.25, 0.3) is 0 Å². The molecule has 2 atom stereocenters. The van der Waals surface area contributed by atoms with Gasteiger partial charge in [0.25, 0.3) is 0 Å². The summed E-state index contributed by atoms with van der Waals surface area (Å²) in [6.45, 7) is 4.35. The third-order valence-electron chi connectivity index (χ3n) is 8.62. The van der Waals surface area contributed by atoms with E-state index in [9.17, 15) is 15.0 Å². The lowest BCUT2D eigenvalue weighted by atomic mass is 10.0. The number of aliphatic hydroxyl groups excluding tert-OH is 2. The fraction of sp³-hybridized carbons (Fsp3) is 0.972. The first kappa shape index (κ1) is 39.4. The van der Waals surface area contributed by atoms with Crippen LogP contribution >= 0.6 is 0 Å². The van der Waals surface area contributed by atoms with Crippen molar-refractivity contribution in [3.63, 3.8) is 0 Å². The van der Waals surface area contributed by atoms with E-state index in [1.54, 1.807) is 0 Å². The number of hydrogen-bond acceptors (Lipinski definition) is 3. The molecule has 0 aromatic carbocycles. The molecule has 0 fully saturated rings. The van der Waals surface area contributed by atoms with Crippen LogP contribution in [0.1, 0.15) is 206 Å². The van der Waals surface area contributed by atoms with Crippen molar-refractivity contribution < 1.29 is 15.0 Å². The second kappa shape index (κ2) is 32.9. The monoisotopic (exact) mass is 568 g/mol. The van der Waals surface area contributed by atoms with E-state index in [4.69, 9.17) is 0 Å². The number of rotatable bonds is 33. The van der Waals surface area contributed by atoms with Crippen molar-refractivity contribution in [2.75, 3.05) is 6.61 Å². The van der Waals surface area contributed by atoms with Gasteiger partial charge in [-0.3, -0.25) is 4.79 Å². The zero-order chi connectivity index (χ0) is 29.4. The van der Waals surface area contributed by atoms with Crippen molar-refractivity contribution in [2.24, 2.45) is 0 Å². The summed E-state index contributed by atoms with van der Waals surface area (Å²) in [6.07, 6.45) is 37.3. The summed E-state index contributed by atoms with van der Waals surface area (Å²) < 4.78 is 0. The van der Waals surface area contributed by atoms with Crippen molar-refractivity contribution in [2.45, 2.75) is 219 Å². The van der Waals surface area contributed by atoms with Crippen molar-refractivity contribution >= 4 is 5.91 Å². The molecule has 4 nitrogen and oxygen atoms in total. The van der Waals surface area contributed by atoms with Crippen LogP contribution in [0.15, 0.2) is 0 Å². The minimum Gasteiger partial charge on any atom is -0.394 e. The minimum absolute atomic E-state index is 0.0299. The zero-order valence-electron chi connectivity index (χ0n) is 27.4. The molecule has 0 aromatic rings. The molecule has 1 amide bonds. The van der Waals surface area contributed by atoms with Crippen molar-refractivity contribution in [3.8, 4) is 0 Å². The predicted octanol–water partition coefficient (Wildman–Crippen LogP) is 10.6. The van der Waals surface area contributed by atoms with Gasteiger partial charge in [-0.05, 0) is 12.8 Å². The number of unbranched alkanes of at least 4 members (excludes halogenated alkanes) is 26. The Morgan fingerprint density at radius 1 is 0.500 bits per heavy atom. The second-order valence-corrected chi connectivity index (χ2v) is 12.7. The van der Waals surface area contributed by atoms with Crippen LogP contribution in [0.4, 0.5) is 0 Å². The van der Waals surface area contributed by atoms with Crippen LogP contribution < -0.4 is 5.32 Å². The fourth-order valence-corrected chi connectivity index (χ4v) is 5.77. The van der Waals surface area contributed by atoms with Crippen molar-refractivity contribution in [3.05, 3.63) is 0 Å². The van der Waals surface area contributed by atoms with Crippen LogP contribution in [0.5, 0.6) is 0 Å². The van der Waals surface area contributed by atoms with E-state index < -0.39 is 12.1 Å². The Hall–Kier alpha value is -0.610. The van der Waals surface area contributed by atoms with Crippen molar-refractivity contribution in [1.82, 2.24) is 5.32 Å². The first-order chi connectivity index (χ1) is 19.7. The summed E-state index contributed by atoms with van der Waals surface area (Å²) >= 11 is 0. The topological polar surface area (TPSA) is 69.6 Å². The Balaban J connectivity index is 3.49. The first-order valence-corrected chi connectivity index (χ1v) is 18.2. The molecule has 3 N–H and O–H groups in total. The molecular formula is C36H73NO3. The molecule has 0 radical (unpaired) electrons. The Kier molecular flexibility index (Phi) is 32.4. The lowest BCUT2D eigenvalue weighted by Gasteiger charge is -2.22. The van der Waals surface area contributed by atoms with Gasteiger partial charge >= 0.3 is 0 Å². The summed E-state index contributed by atoms with van der Waals surface area (Å²) in [7, 11) is 0. The van der Waals surface area contributed by atoms with Gasteiger partial charge < -0.3 is 15.5 Å². The van der Waals surface area contributed by atoms with Crippen LogP contribution in [0.2, 0.25) is 0 Å². The molecule has 240 valence electrons. The maximum atomic E-state index is 12.3. The van der Waals surface area contributed by atoms with Gasteiger partial charge in [-0.2, -0.15) is 0 Å². The van der Waals surface area contributed by atoms with Gasteiger partial charge in [-0.15, -0.1) is 0 Å². The molecule has 0 aliphatic heterocycles. The molecule has 0 aliphatic rings. The summed E-state index contributed by atoms with van der Waals surface area (Å²) in [6, 6.07) is -0.526. The van der Waals surface area contributed by atoms with Gasteiger partial charge in [0, 0.05) is 6.42 Å². The van der Waals surface area contributed by atoms with E-state index in [-0.39, 0.29) is 12.5 Å². The summed E-state index contributed by atoms with van der Waals surface area (Å²) in [4.78, 5) is 12.3. The van der Waals surface area contributed by atoms with Crippen LogP contribution in [-0.4, -0.2) is 34.9 Å². The highest BCUT2D eigenvalue weighted by atomic mass is 16.3. The molecule has 40 heavy (non-hydrogen) atoms. The molecule has 0 spiro atoms. The predicted molar refractivity (Wildman–Crippen MR) is 175 cm³/mol. The number of carbonyl (C=O) groups is 1. The third-order valence-corrected chi connectivity index (χ3v) is 8.62. The smallest absolute Gasteiger partial charge is 0.220 e. The van der Waals surface area contributed by atoms with E-state index in [2.05, 4.69) is 19.2 Å². The summed E-state index contributed by atoms with van der Waals surface area (Å²) in [5, 5.41) is 23.0. The van der Waals surface area contributed by atoms with Gasteiger partial charge in [-0.1, -0.05) is 187 Å². The van der Waals surface area contributed by atoms with Gasteiger partial charge in [-0.25, -0.2) is 0 Å². The van der Waals surface area contributed by atoms with Gasteiger partial charge in [0.1, 0.15) is 0 Å². The number of amides is 1. The Morgan fingerprint density at radius 3 is 1.12 bits per heavy atom. The maximum Gasteiger partial charge on any atom is 0.220 e. The first-order valence-electron chi connectivity index (χ1n) is 18.2. The Bertz CT molecular complexity index is 498. The number of nitrogens with one attached hydrogen (secondary N) is 1. The van der Waals surface area contributed by atoms with E-state index in [1.165, 1.54) is 154 Å². The molecule has 0 aliphatic carbocycles. The highest BCUT2D eigenvalue weighted by Crippen LogP contribution is 2.16. The SMILES string of the molecule is CCCCCCCCCCCCCCCCCCCCC(=O)NC(CO)C(O)CCCCCCCCCCCC. The molecule has 2 unspecified atom stereocenters. The average molecular weight is 568 g/mol. The van der Waals surface area contributed by atoms with E-state index in [0.717, 1.165) is 25.7 Å². The summed E-state index contributed by atoms with van der Waals surface area (Å²) in [5.74, 6) is -0.0299. The maximum absolute atomic E-state index is 12.3. The van der Waals surface area contributed by atoms with Crippen LogP contribution in [0, 0.1) is 0 Å². The quantitative estimate of drug-likeness (QED) is 0.0691. The molecule has 0 bridgehead atoms. The molecule has 0 saturated carbocycles. The second-order valence-electron chi connectivity index (χ2n) is 12.7. The molecule has 4 heteroatoms. The van der Waals surface area contributed by atoms with E-state index in [0.29, 0.717) is 12.8 Å². The zero-order valence-corrected chi connectivity index (χ0v) is 27.4. The lowest BCUT2D eigenvalue weighted by Crippen LogP contribution is -2.45. The van der Waals surface area contributed by atoms with Gasteiger partial charge in [0.15, 0.2) is 0 Å². The third kappa shape index (κ3) is 28.9. The lowest BCUT2D eigenvalue weighted by molar-refractivity contribution is -0.123. The van der Waals surface area contributed by atoms with Gasteiger partial charge in [0.05, 0.1) is 18.8 Å². The van der Waals surface area contributed by atoms with E-state index in [1.807, 2.05) is 0 Å². The number of hydrogen-bond donors (Lipinski definition) is 3. The molecule has 0 aromatic heterocycles. The Morgan fingerprint density at radius 2 is 0.800 bits per heavy atom. The van der Waals surface area contributed by atoms with Gasteiger partial charge in [0.2, 0.25) is 5.91 Å². The number of aliphatic hydroxyl groups is 2. The van der Waals surface area contributed by atoms with E-state index >= 15 is 0 Å². The highest BCUT2D eigenvalue weighted by molar-refractivity contribution is 5.76. The largest absolute Gasteiger partial charge is 0.394 e. The molecule has 0 heterocycles. The standard InChI is InChI=1S/C36H73NO3/c1-3-5-7-9-11-13-15-16-17-18-19-20-21-22-24-26-28-30-32-36(40)37-34(33-38)35(39)31-29-27-25-23-14-12-10-8-6-4-2/h34-35,38-39H,3-33H2,1-2H3,(H,37,40). The molecule has 0 rings (SSSR count). The fourth-order valence-electron chi connectivity index (χ4n) is 5.77. The highest BCUT2D eigenvalue weighted by Gasteiger charge is 2.19. The average Bonchev–Trinajstić information content (AvgIpc) is 2.96. The normalized spacial score (nSPS) is 13.0. The number of carbonyl (C=O) groups excluding carboxylic acids is 1. The van der Waals surface area contributed by atoms with Crippen LogP contribution in [-0.2, 0) is 4.79 Å². The summed E-state index contributed by atoms with van der Waals surface area (Å²) in [5.41, 5.74) is 0. The minimum atomic E-state index is -0.650. The Labute approximate surface area is 251 Å². The molecular weight excluding hydrogens is 494 g/mol. The van der Waals surface area contributed by atoms with Crippen LogP contribution in [0.3, 0.4) is 0 Å². The van der Waals surface area contributed by atoms with Crippen molar-refractivity contribution in [1.29, 1.82) is 0 Å². The molecule has 0 saturated heterocycles.